The van der Waals surface area contributed by atoms with Crippen molar-refractivity contribution in [3.8, 4) is 11.1 Å². The lowest BCUT2D eigenvalue weighted by Gasteiger charge is -2.34. The molecule has 4 aromatic carbocycles. The molecule has 6 amide bonds. The van der Waals surface area contributed by atoms with Crippen LogP contribution in [0.3, 0.4) is 0 Å². The van der Waals surface area contributed by atoms with Gasteiger partial charge in [-0.1, -0.05) is 123 Å². The second-order valence-electron chi connectivity index (χ2n) is 47.8. The van der Waals surface area contributed by atoms with E-state index in [-0.39, 0.29) is 149 Å². The largest absolute Gasteiger partial charge is 0.462 e. The SMILES string of the molecule is C=C[C@@H]1C[C@]1(CC(=O)[C@@H]1CN(c2ccc(N3CCCCC3)cc2)CN1C(=O)[C@@H](CC(=O)OC1CCCC1)C(C)(C)C)C(=O)NS(=O)(=O)C1CC1.C=C[C@@H]1C[C@]1(CC(=O)[C@@H]1CN(c2ccc(N3CCOCC3)cc2)CN1C(=O)[C@@H](CC(=O)OC1CCCC1)C(C)(C)C)C(=O)NS(=O)(=O)C1CC1.C=C[C@@H]1C[C@]1(CC(=O)[C@@H]1CN(c2cccc(-c3ccccc3)c2)CN1C(=O)[C@@H](CC(=O)OC1CCCC1)C(C)(C)C)C(=O)NS(=O)(=O)C1CC1. The summed E-state index contributed by atoms with van der Waals surface area (Å²) in [5.41, 5.74) is 1.18. The number of rotatable bonds is 39. The number of ether oxygens (including phenoxy) is 4. The van der Waals surface area contributed by atoms with E-state index in [4.69, 9.17) is 18.9 Å². The van der Waals surface area contributed by atoms with Crippen LogP contribution in [0.15, 0.2) is 141 Å². The van der Waals surface area contributed by atoms with Crippen LogP contribution < -0.4 is 38.7 Å². The molecule has 0 bridgehead atoms. The van der Waals surface area contributed by atoms with Crippen LogP contribution >= 0.6 is 0 Å². The molecule has 5 aliphatic heterocycles. The molecule has 4 aromatic rings. The van der Waals surface area contributed by atoms with E-state index in [1.807, 2.05) is 168 Å². The normalized spacial score (nSPS) is 25.8. The summed E-state index contributed by atoms with van der Waals surface area (Å²) < 4.78 is 106. The van der Waals surface area contributed by atoms with Crippen molar-refractivity contribution in [1.29, 1.82) is 0 Å². The van der Waals surface area contributed by atoms with E-state index in [0.717, 1.165) is 156 Å². The smallest absolute Gasteiger partial charge is 0.306 e. The summed E-state index contributed by atoms with van der Waals surface area (Å²) in [5, 5.41) is -1.74. The van der Waals surface area contributed by atoms with Crippen LogP contribution in [-0.2, 0) is 107 Å². The molecule has 5 saturated heterocycles. The number of allylic oxidation sites excluding steroid dienone is 3. The van der Waals surface area contributed by atoms with Gasteiger partial charge in [0.1, 0.15) is 36.4 Å². The van der Waals surface area contributed by atoms with E-state index in [0.29, 0.717) is 71.0 Å². The van der Waals surface area contributed by atoms with E-state index in [9.17, 15) is 82.8 Å². The average molecular weight is 2130 g/mol. The Morgan fingerprint density at radius 3 is 0.933 bits per heavy atom. The molecule has 14 fully saturated rings. The molecular weight excluding hydrogens is 1970 g/mol. The number of benzene rings is 4. The van der Waals surface area contributed by atoms with Gasteiger partial charge in [0, 0.05) is 93.5 Å². The molecular formula is C114H155N11O22S3. The second kappa shape index (κ2) is 45.8. The van der Waals surface area contributed by atoms with E-state index in [1.165, 1.54) is 6.42 Å². The summed E-state index contributed by atoms with van der Waals surface area (Å²) in [6.45, 7) is 34.6. The molecule has 36 heteroatoms. The predicted octanol–water partition coefficient (Wildman–Crippen LogP) is 14.4. The van der Waals surface area contributed by atoms with Gasteiger partial charge in [0.05, 0.1) is 102 Å². The van der Waals surface area contributed by atoms with Gasteiger partial charge in [-0.3, -0.25) is 71.7 Å². The van der Waals surface area contributed by atoms with Crippen LogP contribution in [-0.4, -0.2) is 242 Å². The maximum atomic E-state index is 14.6. The average Bonchev–Trinajstić information content (AvgIpc) is 1.58. The van der Waals surface area contributed by atoms with Gasteiger partial charge in [0.25, 0.3) is 0 Å². The van der Waals surface area contributed by atoms with Crippen molar-refractivity contribution in [2.45, 2.75) is 307 Å². The van der Waals surface area contributed by atoms with E-state index < -0.39 is 150 Å². The van der Waals surface area contributed by atoms with Crippen molar-refractivity contribution in [3.05, 3.63) is 141 Å². The zero-order chi connectivity index (χ0) is 108. The zero-order valence-electron chi connectivity index (χ0n) is 88.8. The van der Waals surface area contributed by atoms with Crippen molar-refractivity contribution < 1.29 is 102 Å². The van der Waals surface area contributed by atoms with Crippen molar-refractivity contribution in [2.75, 3.05) is 104 Å². The number of carbonyl (C=O) groups is 12. The molecule has 12 atom stereocenters. The van der Waals surface area contributed by atoms with Crippen LogP contribution in [0.4, 0.5) is 28.4 Å². The molecule has 3 N–H and O–H groups in total. The molecule has 816 valence electrons. The van der Waals surface area contributed by atoms with Crippen LogP contribution in [0.5, 0.6) is 0 Å². The fourth-order valence-electron chi connectivity index (χ4n) is 23.3. The Morgan fingerprint density at radius 2 is 0.647 bits per heavy atom. The van der Waals surface area contributed by atoms with Gasteiger partial charge in [-0.05, 0) is 260 Å². The molecule has 0 spiro atoms. The van der Waals surface area contributed by atoms with E-state index >= 15 is 0 Å². The summed E-state index contributed by atoms with van der Waals surface area (Å²) in [6, 6.07) is 31.3. The molecule has 0 aromatic heterocycles. The lowest BCUT2D eigenvalue weighted by Crippen LogP contribution is -2.49. The van der Waals surface area contributed by atoms with E-state index in [2.05, 4.69) is 55.8 Å². The quantitative estimate of drug-likeness (QED) is 0.0212. The highest BCUT2D eigenvalue weighted by atomic mass is 32.2. The Kier molecular flexibility index (Phi) is 34.1. The number of Topliss-reactive ketones (excluding diaryl/α,β-unsaturated/α-hetero) is 3. The van der Waals surface area contributed by atoms with Crippen LogP contribution in [0.25, 0.3) is 11.1 Å². The standard InChI is InChI=1S/C39H49N3O7S.C38H54N4O7S.C37H52N4O8S/c1-5-28-22-39(28,37(46)40-50(47,48)31-18-19-31)23-34(43)33-24-41(29-15-11-14-27(20-29)26-12-7-6-8-13-26)25-42(33)36(45)32(38(2,3)4)21-35(44)49-30-16-9-10-17-30;1-5-26-22-38(26,36(46)39-50(47,48)30-17-18-30)23-33(43)32-24-41(28-15-13-27(14-16-28)40-19-9-6-10-20-40)25-42(32)35(45)31(37(2,3)4)21-34(44)49-29-11-7-8-12-29;1-5-25-21-37(25,35(45)38-50(46,47)29-14-15-29)22-32(42)31-23-40(27-12-10-26(11-13-27)39-16-18-48-19-17-39)24-41(31)34(44)30(36(2,3)4)20-33(43)49-28-8-6-7-9-28/h5-8,11-15,20,28,30-33H,1,9-10,16-19,21-25H2,2-4H3,(H,40,46);5,13-16,26,29-32H,1,6-12,17-25H2,2-4H3,(H,39,46);5,10-13,25,28-31H,1,6-9,14-24H2,2-4H3,(H,38,45)/t28-,32-,33+,39-;26-,31-,32+,38-;25-,30-,31+,37-/m111/s1. The fraction of sp³-hybridized carbons (Fsp3) is 0.632. The first-order chi connectivity index (χ1) is 71.1. The first-order valence-electron chi connectivity index (χ1n) is 54.5. The highest BCUT2D eigenvalue weighted by molar-refractivity contribution is 7.91. The molecule has 0 unspecified atom stereocenters. The maximum Gasteiger partial charge on any atom is 0.306 e. The van der Waals surface area contributed by atoms with Crippen LogP contribution in [0, 0.1) is 68.0 Å². The first kappa shape index (κ1) is 112. The number of ketones is 3. The fourth-order valence-corrected chi connectivity index (χ4v) is 27.4. The Bertz CT molecular complexity index is 5810. The summed E-state index contributed by atoms with van der Waals surface area (Å²) in [7, 11) is -11.4. The first-order valence-corrected chi connectivity index (χ1v) is 59.1. The Labute approximate surface area is 885 Å². The summed E-state index contributed by atoms with van der Waals surface area (Å²) in [5.74, 6) is -8.53. The number of morpholine rings is 1. The van der Waals surface area contributed by atoms with Gasteiger partial charge in [0.2, 0.25) is 65.5 Å². The van der Waals surface area contributed by atoms with Gasteiger partial charge in [-0.2, -0.15) is 0 Å². The van der Waals surface area contributed by atoms with Gasteiger partial charge < -0.3 is 58.1 Å². The van der Waals surface area contributed by atoms with Gasteiger partial charge in [0.15, 0.2) is 17.3 Å². The number of esters is 3. The number of nitrogens with one attached hydrogen (secondary N) is 3. The molecule has 150 heavy (non-hydrogen) atoms. The minimum absolute atomic E-state index is 0.0926. The van der Waals surface area contributed by atoms with Crippen molar-refractivity contribution in [2.24, 2.45) is 68.0 Å². The minimum atomic E-state index is -3.82. The lowest BCUT2D eigenvalue weighted by atomic mass is 9.77. The lowest BCUT2D eigenvalue weighted by molar-refractivity contribution is -0.156. The highest BCUT2D eigenvalue weighted by Gasteiger charge is 2.65. The minimum Gasteiger partial charge on any atom is -0.462 e. The van der Waals surface area contributed by atoms with Crippen LogP contribution in [0.2, 0.25) is 0 Å². The van der Waals surface area contributed by atoms with Gasteiger partial charge >= 0.3 is 17.9 Å². The maximum absolute atomic E-state index is 14.6. The highest BCUT2D eigenvalue weighted by Crippen LogP contribution is 2.60. The summed E-state index contributed by atoms with van der Waals surface area (Å²) >= 11 is 0. The summed E-state index contributed by atoms with van der Waals surface area (Å²) in [6.07, 6.45) is 22.0. The monoisotopic (exact) mass is 2130 g/mol. The van der Waals surface area contributed by atoms with E-state index in [1.54, 1.807) is 32.9 Å². The molecule has 0 radical (unpaired) electrons. The summed E-state index contributed by atoms with van der Waals surface area (Å²) in [4.78, 5) is 182. The van der Waals surface area contributed by atoms with Crippen molar-refractivity contribution in [3.63, 3.8) is 0 Å². The number of piperidine rings is 1. The topological polar surface area (TPSA) is 406 Å². The molecule has 9 saturated carbocycles. The number of amides is 6. The molecule has 14 aliphatic rings. The third-order valence-corrected chi connectivity index (χ3v) is 39.2. The molecule has 9 aliphatic carbocycles. The number of hydrogen-bond donors (Lipinski definition) is 3. The van der Waals surface area contributed by atoms with Gasteiger partial charge in [-0.25, -0.2) is 25.3 Å². The molecule has 33 nitrogen and oxygen atoms in total. The molecule has 18 rings (SSSR count). The number of anilines is 5. The van der Waals surface area contributed by atoms with Crippen LogP contribution in [0.1, 0.15) is 255 Å². The van der Waals surface area contributed by atoms with Gasteiger partial charge in [-0.15, -0.1) is 19.7 Å². The zero-order valence-corrected chi connectivity index (χ0v) is 91.3. The second-order valence-corrected chi connectivity index (χ2v) is 53.7. The third-order valence-electron chi connectivity index (χ3n) is 33.7. The number of nitrogens with zero attached hydrogens (tertiary/aromatic N) is 8. The van der Waals surface area contributed by atoms with Crippen molar-refractivity contribution >= 4 is 129 Å². The predicted molar refractivity (Wildman–Crippen MR) is 571 cm³/mol. The Balaban J connectivity index is 0.000000160. The number of carbonyl (C=O) groups excluding carboxylic acids is 12. The number of hydrogen-bond acceptors (Lipinski definition) is 27. The number of sulfonamides is 3. The molecule has 5 heterocycles. The Hall–Kier alpha value is -10.9. The Morgan fingerprint density at radius 1 is 0.360 bits per heavy atom. The third kappa shape index (κ3) is 26.4. The van der Waals surface area contributed by atoms with Crippen molar-refractivity contribution in [1.82, 2.24) is 28.9 Å².